The first-order chi connectivity index (χ1) is 6.24. The lowest BCUT2D eigenvalue weighted by molar-refractivity contribution is 0.625. The van der Waals surface area contributed by atoms with Gasteiger partial charge in [-0.1, -0.05) is 11.8 Å². The highest BCUT2D eigenvalue weighted by molar-refractivity contribution is 5.46. The molecule has 0 radical (unpaired) electrons. The topological polar surface area (TPSA) is 38.0 Å². The van der Waals surface area contributed by atoms with Crippen LogP contribution in [0.4, 0.5) is 10.1 Å². The summed E-state index contributed by atoms with van der Waals surface area (Å²) in [5, 5.41) is 2.85. The number of halogens is 1. The highest BCUT2D eigenvalue weighted by Crippen LogP contribution is 2.09. The molecule has 0 bridgehead atoms. The van der Waals surface area contributed by atoms with E-state index in [1.54, 1.807) is 19.2 Å². The molecule has 0 saturated heterocycles. The van der Waals surface area contributed by atoms with E-state index in [1.807, 2.05) is 0 Å². The number of hydrogen-bond donors (Lipinski definition) is 2. The summed E-state index contributed by atoms with van der Waals surface area (Å²) in [6.45, 7) is 0.545. The van der Waals surface area contributed by atoms with Crippen LogP contribution in [-0.4, -0.2) is 13.6 Å². The minimum absolute atomic E-state index is 0.372. The van der Waals surface area contributed by atoms with Gasteiger partial charge in [-0.3, -0.25) is 0 Å². The van der Waals surface area contributed by atoms with Crippen molar-refractivity contribution < 1.29 is 4.39 Å². The predicted octanol–water partition coefficient (Wildman–Crippen LogP) is 0.979. The zero-order valence-corrected chi connectivity index (χ0v) is 7.39. The summed E-state index contributed by atoms with van der Waals surface area (Å²) in [5.74, 6) is 5.10. The third-order valence-corrected chi connectivity index (χ3v) is 1.48. The van der Waals surface area contributed by atoms with Crippen molar-refractivity contribution in [2.45, 2.75) is 0 Å². The summed E-state index contributed by atoms with van der Waals surface area (Å²) >= 11 is 0. The highest BCUT2D eigenvalue weighted by Gasteiger charge is 1.97. The molecule has 0 saturated carbocycles. The van der Waals surface area contributed by atoms with Crippen LogP contribution in [-0.2, 0) is 0 Å². The van der Waals surface area contributed by atoms with Gasteiger partial charge in [0, 0.05) is 5.69 Å². The monoisotopic (exact) mass is 178 g/mol. The quantitative estimate of drug-likeness (QED) is 0.497. The molecule has 0 spiro atoms. The van der Waals surface area contributed by atoms with Crippen molar-refractivity contribution in [3.8, 4) is 11.8 Å². The first kappa shape index (κ1) is 9.56. The molecule has 2 nitrogen and oxygen atoms in total. The van der Waals surface area contributed by atoms with Crippen molar-refractivity contribution in [1.82, 2.24) is 5.32 Å². The van der Waals surface area contributed by atoms with Gasteiger partial charge in [0.25, 0.3) is 0 Å². The Bertz CT molecular complexity index is 350. The number of benzene rings is 1. The van der Waals surface area contributed by atoms with Crippen LogP contribution in [0.5, 0.6) is 0 Å². The summed E-state index contributed by atoms with van der Waals surface area (Å²) in [7, 11) is 1.79. The van der Waals surface area contributed by atoms with Crippen molar-refractivity contribution in [3.05, 3.63) is 29.6 Å². The molecule has 3 N–H and O–H groups in total. The maximum absolute atomic E-state index is 13.1. The van der Waals surface area contributed by atoms with Gasteiger partial charge in [-0.2, -0.15) is 0 Å². The number of nitrogens with one attached hydrogen (secondary N) is 1. The standard InChI is InChI=1S/C10H11FN2/c1-13-6-2-3-8-4-5-9(12)7-10(8)11/h4-5,7,13H,6,12H2,1H3. The molecular formula is C10H11FN2. The van der Waals surface area contributed by atoms with Gasteiger partial charge in [0.2, 0.25) is 0 Å². The van der Waals surface area contributed by atoms with Crippen molar-refractivity contribution in [3.63, 3.8) is 0 Å². The van der Waals surface area contributed by atoms with E-state index in [0.717, 1.165) is 0 Å². The van der Waals surface area contributed by atoms with Crippen LogP contribution in [0.1, 0.15) is 5.56 Å². The Labute approximate surface area is 76.9 Å². The summed E-state index contributed by atoms with van der Waals surface area (Å²) in [4.78, 5) is 0. The summed E-state index contributed by atoms with van der Waals surface area (Å²) in [6.07, 6.45) is 0. The van der Waals surface area contributed by atoms with Crippen LogP contribution >= 0.6 is 0 Å². The zero-order chi connectivity index (χ0) is 9.68. The molecule has 0 aromatic heterocycles. The summed E-state index contributed by atoms with van der Waals surface area (Å²) < 4.78 is 13.1. The number of anilines is 1. The minimum atomic E-state index is -0.372. The van der Waals surface area contributed by atoms with Gasteiger partial charge in [-0.05, 0) is 25.2 Å². The largest absolute Gasteiger partial charge is 0.399 e. The number of hydrogen-bond acceptors (Lipinski definition) is 2. The van der Waals surface area contributed by atoms with Crippen LogP contribution in [0, 0.1) is 17.7 Å². The second-order valence-electron chi connectivity index (χ2n) is 2.57. The molecule has 0 unspecified atom stereocenters. The average molecular weight is 178 g/mol. The molecule has 3 heteroatoms. The van der Waals surface area contributed by atoms with Crippen molar-refractivity contribution in [1.29, 1.82) is 0 Å². The van der Waals surface area contributed by atoms with Crippen LogP contribution in [0.3, 0.4) is 0 Å². The van der Waals surface area contributed by atoms with E-state index < -0.39 is 0 Å². The summed E-state index contributed by atoms with van der Waals surface area (Å²) in [5.41, 5.74) is 6.17. The fraction of sp³-hybridized carbons (Fsp3) is 0.200. The first-order valence-corrected chi connectivity index (χ1v) is 3.92. The van der Waals surface area contributed by atoms with E-state index in [2.05, 4.69) is 17.2 Å². The Hall–Kier alpha value is -1.53. The lowest BCUT2D eigenvalue weighted by Gasteiger charge is -1.95. The molecule has 0 atom stereocenters. The number of nitrogen functional groups attached to an aromatic ring is 1. The van der Waals surface area contributed by atoms with E-state index in [4.69, 9.17) is 5.73 Å². The Kier molecular flexibility index (Phi) is 3.30. The SMILES string of the molecule is CNCC#Cc1ccc(N)cc1F. The molecule has 13 heavy (non-hydrogen) atoms. The number of rotatable bonds is 1. The van der Waals surface area contributed by atoms with Crippen LogP contribution in [0.15, 0.2) is 18.2 Å². The van der Waals surface area contributed by atoms with Gasteiger partial charge in [0.1, 0.15) is 5.82 Å². The smallest absolute Gasteiger partial charge is 0.140 e. The molecule has 1 rings (SSSR count). The van der Waals surface area contributed by atoms with Crippen molar-refractivity contribution >= 4 is 5.69 Å². The number of nitrogens with two attached hydrogens (primary N) is 1. The average Bonchev–Trinajstić information content (AvgIpc) is 2.09. The second-order valence-corrected chi connectivity index (χ2v) is 2.57. The van der Waals surface area contributed by atoms with Crippen LogP contribution in [0.2, 0.25) is 0 Å². The van der Waals surface area contributed by atoms with Gasteiger partial charge in [0.15, 0.2) is 0 Å². The van der Waals surface area contributed by atoms with Crippen molar-refractivity contribution in [2.75, 3.05) is 19.3 Å². The Morgan fingerprint density at radius 3 is 2.92 bits per heavy atom. The molecule has 1 aromatic rings. The van der Waals surface area contributed by atoms with Gasteiger partial charge >= 0.3 is 0 Å². The van der Waals surface area contributed by atoms with Gasteiger partial charge in [-0.15, -0.1) is 0 Å². The van der Waals surface area contributed by atoms with E-state index in [1.165, 1.54) is 6.07 Å². The van der Waals surface area contributed by atoms with Crippen molar-refractivity contribution in [2.24, 2.45) is 0 Å². The van der Waals surface area contributed by atoms with E-state index in [9.17, 15) is 4.39 Å². The maximum atomic E-state index is 13.1. The maximum Gasteiger partial charge on any atom is 0.140 e. The fourth-order valence-electron chi connectivity index (χ4n) is 0.861. The molecular weight excluding hydrogens is 167 g/mol. The Morgan fingerprint density at radius 1 is 1.54 bits per heavy atom. The molecule has 1 aromatic carbocycles. The minimum Gasteiger partial charge on any atom is -0.399 e. The van der Waals surface area contributed by atoms with Crippen LogP contribution in [0.25, 0.3) is 0 Å². The van der Waals surface area contributed by atoms with Crippen LogP contribution < -0.4 is 11.1 Å². The molecule has 0 heterocycles. The van der Waals surface area contributed by atoms with E-state index in [-0.39, 0.29) is 5.82 Å². The normalized spacial score (nSPS) is 9.08. The van der Waals surface area contributed by atoms with Gasteiger partial charge < -0.3 is 11.1 Å². The molecule has 0 aliphatic carbocycles. The Morgan fingerprint density at radius 2 is 2.31 bits per heavy atom. The molecule has 0 aliphatic heterocycles. The lowest BCUT2D eigenvalue weighted by Crippen LogP contribution is -2.04. The van der Waals surface area contributed by atoms with Gasteiger partial charge in [0.05, 0.1) is 12.1 Å². The predicted molar refractivity (Wildman–Crippen MR) is 51.6 cm³/mol. The molecule has 0 fully saturated rings. The summed E-state index contributed by atoms with van der Waals surface area (Å²) in [6, 6.07) is 4.48. The second kappa shape index (κ2) is 4.48. The zero-order valence-electron chi connectivity index (χ0n) is 7.39. The third-order valence-electron chi connectivity index (χ3n) is 1.48. The first-order valence-electron chi connectivity index (χ1n) is 3.92. The lowest BCUT2D eigenvalue weighted by atomic mass is 10.2. The third kappa shape index (κ3) is 2.77. The fourth-order valence-corrected chi connectivity index (χ4v) is 0.861. The van der Waals surface area contributed by atoms with Gasteiger partial charge in [-0.25, -0.2) is 4.39 Å². The highest BCUT2D eigenvalue weighted by atomic mass is 19.1. The molecule has 0 amide bonds. The molecule has 68 valence electrons. The van der Waals surface area contributed by atoms with E-state index >= 15 is 0 Å². The molecule has 0 aliphatic rings. The Balaban J connectivity index is 2.85. The van der Waals surface area contributed by atoms with E-state index in [0.29, 0.717) is 17.8 Å².